The molecule has 0 saturated carbocycles. The van der Waals surface area contributed by atoms with Crippen molar-refractivity contribution in [3.05, 3.63) is 160 Å². The number of hydrogen-bond donors (Lipinski definition) is 2. The van der Waals surface area contributed by atoms with Crippen LogP contribution < -0.4 is 10.1 Å². The standard InChI is InChI=1S/C37H32N2O7S/c1-24-30(23-45-29-19-17-26(22-40)18-20-29)33(37(43)46-34(27-13-7-3-8-14-27)28-15-9-4-10-16-28)39-35(42)32(36(39)47(24)44)38-31(41)21-25-11-5-2-6-12-25/h2-20,32,34,36,40H,1,21-23H2,(H,38,41)/t32-,36-,47?/m1/s1. The summed E-state index contributed by atoms with van der Waals surface area (Å²) in [4.78, 5) is 42.1. The van der Waals surface area contributed by atoms with E-state index >= 15 is 0 Å². The fraction of sp³-hybridized carbons (Fsp3) is 0.162. The smallest absolute Gasteiger partial charge is 0.356 e. The van der Waals surface area contributed by atoms with Gasteiger partial charge in [-0.1, -0.05) is 103 Å². The molecule has 0 aromatic heterocycles. The molecule has 2 N–H and O–H groups in total. The average Bonchev–Trinajstić information content (AvgIpc) is 3.11. The monoisotopic (exact) mass is 648 g/mol. The predicted molar refractivity (Wildman–Crippen MR) is 176 cm³/mol. The number of aliphatic hydroxyl groups is 1. The minimum absolute atomic E-state index is 0.0274. The quantitative estimate of drug-likeness (QED) is 0.141. The van der Waals surface area contributed by atoms with Crippen LogP contribution in [0.25, 0.3) is 0 Å². The molecule has 2 aliphatic heterocycles. The van der Waals surface area contributed by atoms with Gasteiger partial charge in [-0.15, -0.1) is 0 Å². The number of esters is 1. The lowest BCUT2D eigenvalue weighted by molar-refractivity contribution is -0.155. The van der Waals surface area contributed by atoms with Gasteiger partial charge in [-0.2, -0.15) is 0 Å². The number of amides is 2. The molecular weight excluding hydrogens is 616 g/mol. The van der Waals surface area contributed by atoms with Crippen molar-refractivity contribution in [1.29, 1.82) is 0 Å². The summed E-state index contributed by atoms with van der Waals surface area (Å²) in [7, 11) is 0. The summed E-state index contributed by atoms with van der Waals surface area (Å²) in [6.45, 7) is 3.66. The lowest BCUT2D eigenvalue weighted by Crippen LogP contribution is -2.74. The Balaban J connectivity index is 1.33. The second kappa shape index (κ2) is 14.1. The van der Waals surface area contributed by atoms with E-state index in [0.717, 1.165) is 10.5 Å². The summed E-state index contributed by atoms with van der Waals surface area (Å²) in [5.74, 6) is -1.42. The number of β-lactam (4-membered cyclic amide) rings is 1. The van der Waals surface area contributed by atoms with Crippen molar-refractivity contribution >= 4 is 29.0 Å². The van der Waals surface area contributed by atoms with E-state index in [2.05, 4.69) is 11.9 Å². The van der Waals surface area contributed by atoms with Crippen LogP contribution in [0.4, 0.5) is 0 Å². The second-order valence-electron chi connectivity index (χ2n) is 11.1. The highest BCUT2D eigenvalue weighted by Gasteiger charge is 2.62. The van der Waals surface area contributed by atoms with Gasteiger partial charge >= 0.3 is 5.97 Å². The molecule has 3 atom stereocenters. The molecule has 0 spiro atoms. The Hall–Kier alpha value is -5.16. The van der Waals surface area contributed by atoms with Crippen molar-refractivity contribution in [2.24, 2.45) is 0 Å². The first kappa shape index (κ1) is 31.8. The van der Waals surface area contributed by atoms with Gasteiger partial charge in [0.05, 0.1) is 18.6 Å². The van der Waals surface area contributed by atoms with Gasteiger partial charge in [0.2, 0.25) is 11.3 Å². The highest BCUT2D eigenvalue weighted by molar-refractivity contribution is 7.96. The van der Waals surface area contributed by atoms with Crippen LogP contribution in [-0.4, -0.2) is 50.4 Å². The number of carbonyl (C=O) groups is 3. The van der Waals surface area contributed by atoms with Crippen molar-refractivity contribution in [2.45, 2.75) is 30.5 Å². The summed E-state index contributed by atoms with van der Waals surface area (Å²) < 4.78 is 25.9. The molecule has 238 valence electrons. The molecule has 6 rings (SSSR count). The van der Waals surface area contributed by atoms with Crippen molar-refractivity contribution < 1.29 is 33.5 Å². The van der Waals surface area contributed by atoms with Crippen LogP contribution in [0.3, 0.4) is 0 Å². The summed E-state index contributed by atoms with van der Waals surface area (Å²) >= 11 is -1.88. The van der Waals surface area contributed by atoms with E-state index in [4.69, 9.17) is 9.47 Å². The van der Waals surface area contributed by atoms with Crippen LogP contribution in [-0.2, 0) is 43.3 Å². The van der Waals surface area contributed by atoms with E-state index in [1.807, 2.05) is 78.9 Å². The first-order valence-electron chi connectivity index (χ1n) is 15.0. The number of hydrogen-bond acceptors (Lipinski definition) is 7. The van der Waals surface area contributed by atoms with Crippen LogP contribution in [0, 0.1) is 0 Å². The number of ether oxygens (including phenoxy) is 2. The average molecular weight is 649 g/mol. The fourth-order valence-electron chi connectivity index (χ4n) is 5.57. The molecule has 4 aromatic carbocycles. The fourth-order valence-corrected chi connectivity index (χ4v) is 7.09. The largest absolute Gasteiger partial charge is 0.610 e. The first-order valence-corrected chi connectivity index (χ1v) is 16.2. The van der Waals surface area contributed by atoms with Crippen LogP contribution in [0.5, 0.6) is 5.75 Å². The van der Waals surface area contributed by atoms with E-state index in [9.17, 15) is 24.0 Å². The Morgan fingerprint density at radius 3 is 2.02 bits per heavy atom. The Morgan fingerprint density at radius 2 is 1.45 bits per heavy atom. The number of nitrogens with one attached hydrogen (secondary N) is 1. The van der Waals surface area contributed by atoms with Gasteiger partial charge in [0.25, 0.3) is 5.91 Å². The number of carbonyl (C=O) groups excluding carboxylic acids is 3. The van der Waals surface area contributed by atoms with Crippen LogP contribution in [0.2, 0.25) is 0 Å². The number of benzene rings is 4. The first-order chi connectivity index (χ1) is 22.9. The molecule has 1 unspecified atom stereocenters. The van der Waals surface area contributed by atoms with Crippen LogP contribution in [0.15, 0.2) is 138 Å². The lowest BCUT2D eigenvalue weighted by Gasteiger charge is -2.49. The van der Waals surface area contributed by atoms with Gasteiger partial charge in [-0.25, -0.2) is 4.79 Å². The number of rotatable bonds is 11. The third kappa shape index (κ3) is 6.71. The lowest BCUT2D eigenvalue weighted by atomic mass is 10.00. The molecule has 9 nitrogen and oxygen atoms in total. The Morgan fingerprint density at radius 1 is 0.872 bits per heavy atom. The SMILES string of the molecule is C=C1C(COc2ccc(CO)cc2)=C(C(=O)OC(c2ccccc2)c2ccccc2)N2C(=O)[C@@H](NC(=O)Cc3ccccc3)[C@H]2[S+]1[O-]. The molecule has 2 aliphatic rings. The molecule has 4 aromatic rings. The molecule has 2 heterocycles. The van der Waals surface area contributed by atoms with Crippen LogP contribution in [0.1, 0.15) is 28.4 Å². The number of fused-ring (bicyclic) bond motifs is 1. The molecule has 2 amide bonds. The van der Waals surface area contributed by atoms with E-state index in [1.165, 1.54) is 0 Å². The maximum absolute atomic E-state index is 14.2. The Labute approximate surface area is 275 Å². The van der Waals surface area contributed by atoms with E-state index < -0.39 is 46.5 Å². The molecule has 10 heteroatoms. The zero-order valence-corrected chi connectivity index (χ0v) is 26.1. The highest BCUT2D eigenvalue weighted by atomic mass is 32.2. The number of nitrogens with zero attached hydrogens (tertiary/aromatic N) is 1. The predicted octanol–water partition coefficient (Wildman–Crippen LogP) is 4.32. The van der Waals surface area contributed by atoms with Crippen LogP contribution >= 0.6 is 0 Å². The zero-order chi connectivity index (χ0) is 32.9. The van der Waals surface area contributed by atoms with E-state index in [1.54, 1.807) is 36.4 Å². The van der Waals surface area contributed by atoms with Gasteiger partial charge < -0.3 is 24.4 Å². The third-order valence-corrected chi connectivity index (χ3v) is 9.66. The van der Waals surface area contributed by atoms with Gasteiger partial charge in [0.15, 0.2) is 17.1 Å². The molecular formula is C37H32N2O7S. The molecule has 0 aliphatic carbocycles. The van der Waals surface area contributed by atoms with E-state index in [-0.39, 0.29) is 35.8 Å². The summed E-state index contributed by atoms with van der Waals surface area (Å²) in [6.07, 6.45) is -0.790. The summed E-state index contributed by atoms with van der Waals surface area (Å²) in [6, 6.07) is 33.0. The molecule has 1 fully saturated rings. The molecule has 1 saturated heterocycles. The van der Waals surface area contributed by atoms with Gasteiger partial charge in [-0.05, 0) is 41.0 Å². The zero-order valence-electron chi connectivity index (χ0n) is 25.3. The summed E-state index contributed by atoms with van der Waals surface area (Å²) in [5.41, 5.74) is 2.88. The van der Waals surface area contributed by atoms with Crippen molar-refractivity contribution in [3.63, 3.8) is 0 Å². The minimum Gasteiger partial charge on any atom is -0.610 e. The maximum atomic E-state index is 14.2. The Kier molecular flexibility index (Phi) is 9.53. The van der Waals surface area contributed by atoms with Gasteiger partial charge in [0, 0.05) is 11.2 Å². The number of aliphatic hydroxyl groups excluding tert-OH is 1. The third-order valence-electron chi connectivity index (χ3n) is 8.00. The summed E-state index contributed by atoms with van der Waals surface area (Å²) in [5, 5.41) is 11.0. The highest BCUT2D eigenvalue weighted by Crippen LogP contribution is 2.43. The topological polar surface area (TPSA) is 128 Å². The van der Waals surface area contributed by atoms with Gasteiger partial charge in [0.1, 0.15) is 18.1 Å². The normalized spacial score (nSPS) is 18.8. The van der Waals surface area contributed by atoms with Crippen molar-refractivity contribution in [3.8, 4) is 5.75 Å². The van der Waals surface area contributed by atoms with Crippen molar-refractivity contribution in [2.75, 3.05) is 6.61 Å². The minimum atomic E-state index is -1.88. The second-order valence-corrected chi connectivity index (χ2v) is 12.6. The van der Waals surface area contributed by atoms with E-state index in [0.29, 0.717) is 22.4 Å². The molecule has 47 heavy (non-hydrogen) atoms. The van der Waals surface area contributed by atoms with Gasteiger partial charge in [-0.3, -0.25) is 14.5 Å². The molecule has 0 bridgehead atoms. The molecule has 0 radical (unpaired) electrons. The Bertz CT molecular complexity index is 1760. The maximum Gasteiger partial charge on any atom is 0.356 e. The van der Waals surface area contributed by atoms with Crippen molar-refractivity contribution in [1.82, 2.24) is 10.2 Å².